The van der Waals surface area contributed by atoms with Gasteiger partial charge in [0.15, 0.2) is 6.10 Å². The molecular formula is C22H26N2O4. The maximum absolute atomic E-state index is 12.4. The Labute approximate surface area is 165 Å². The quantitative estimate of drug-likeness (QED) is 0.685. The molecule has 2 aromatic carbocycles. The van der Waals surface area contributed by atoms with Gasteiger partial charge in [0.1, 0.15) is 6.54 Å². The number of hydrogen-bond donors (Lipinski definition) is 2. The Balaban J connectivity index is 1.87. The lowest BCUT2D eigenvalue weighted by Gasteiger charge is -2.18. The highest BCUT2D eigenvalue weighted by molar-refractivity contribution is 5.97. The van der Waals surface area contributed by atoms with E-state index >= 15 is 0 Å². The number of ether oxygens (including phenoxy) is 1. The fourth-order valence-corrected chi connectivity index (χ4v) is 2.63. The number of nitrogens with one attached hydrogen (secondary N) is 2. The van der Waals surface area contributed by atoms with E-state index in [1.165, 1.54) is 6.92 Å². The van der Waals surface area contributed by atoms with Crippen LogP contribution in [-0.4, -0.2) is 30.4 Å². The largest absolute Gasteiger partial charge is 0.451 e. The molecule has 0 aliphatic heterocycles. The Morgan fingerprint density at radius 3 is 2.29 bits per heavy atom. The van der Waals surface area contributed by atoms with Crippen molar-refractivity contribution in [2.45, 2.75) is 39.2 Å². The summed E-state index contributed by atoms with van der Waals surface area (Å²) in [4.78, 5) is 36.3. The van der Waals surface area contributed by atoms with E-state index < -0.39 is 18.0 Å². The zero-order chi connectivity index (χ0) is 20.5. The third kappa shape index (κ3) is 5.94. The van der Waals surface area contributed by atoms with Gasteiger partial charge in [0.2, 0.25) is 0 Å². The van der Waals surface area contributed by atoms with Crippen LogP contribution < -0.4 is 10.6 Å². The number of carbonyl (C=O) groups is 3. The summed E-state index contributed by atoms with van der Waals surface area (Å²) in [6.45, 7) is 5.36. The first-order valence-corrected chi connectivity index (χ1v) is 9.34. The second-order valence-electron chi connectivity index (χ2n) is 6.57. The maximum atomic E-state index is 12.4. The fourth-order valence-electron chi connectivity index (χ4n) is 2.63. The fraction of sp³-hybridized carbons (Fsp3) is 0.318. The van der Waals surface area contributed by atoms with Crippen LogP contribution in [0.25, 0.3) is 0 Å². The summed E-state index contributed by atoms with van der Waals surface area (Å²) in [6, 6.07) is 16.1. The summed E-state index contributed by atoms with van der Waals surface area (Å²) in [6.07, 6.45) is -0.0375. The number of esters is 1. The lowest BCUT2D eigenvalue weighted by atomic mass is 9.97. The Morgan fingerprint density at radius 1 is 0.964 bits per heavy atom. The van der Waals surface area contributed by atoms with Crippen molar-refractivity contribution in [3.05, 3.63) is 65.7 Å². The molecule has 2 aromatic rings. The Hall–Kier alpha value is -3.15. The van der Waals surface area contributed by atoms with Crippen LogP contribution in [0.1, 0.15) is 49.0 Å². The molecule has 0 aromatic heterocycles. The van der Waals surface area contributed by atoms with Gasteiger partial charge in [-0.1, -0.05) is 50.2 Å². The van der Waals surface area contributed by atoms with Crippen LogP contribution in [0, 0.1) is 0 Å². The smallest absolute Gasteiger partial charge is 0.326 e. The molecular weight excluding hydrogens is 356 g/mol. The van der Waals surface area contributed by atoms with Crippen molar-refractivity contribution in [2.75, 3.05) is 11.9 Å². The van der Waals surface area contributed by atoms with Gasteiger partial charge in [0, 0.05) is 11.3 Å². The number of anilines is 1. The molecule has 0 spiro atoms. The van der Waals surface area contributed by atoms with Gasteiger partial charge in [-0.15, -0.1) is 0 Å². The second-order valence-corrected chi connectivity index (χ2v) is 6.57. The highest BCUT2D eigenvalue weighted by Crippen LogP contribution is 2.26. The van der Waals surface area contributed by atoms with Gasteiger partial charge in [-0.25, -0.2) is 0 Å². The highest BCUT2D eigenvalue weighted by atomic mass is 16.5. The van der Waals surface area contributed by atoms with Crippen LogP contribution in [-0.2, 0) is 14.3 Å². The zero-order valence-electron chi connectivity index (χ0n) is 16.4. The summed E-state index contributed by atoms with van der Waals surface area (Å²) >= 11 is 0. The van der Waals surface area contributed by atoms with E-state index in [-0.39, 0.29) is 12.5 Å². The van der Waals surface area contributed by atoms with Crippen molar-refractivity contribution in [3.8, 4) is 0 Å². The molecule has 0 fully saturated rings. The second kappa shape index (κ2) is 10.3. The zero-order valence-corrected chi connectivity index (χ0v) is 16.4. The number of amides is 2. The van der Waals surface area contributed by atoms with E-state index in [1.807, 2.05) is 24.3 Å². The van der Waals surface area contributed by atoms with Gasteiger partial charge in [0.05, 0.1) is 0 Å². The van der Waals surface area contributed by atoms with E-state index in [4.69, 9.17) is 4.74 Å². The molecule has 0 saturated heterocycles. The summed E-state index contributed by atoms with van der Waals surface area (Å²) in [7, 11) is 0. The van der Waals surface area contributed by atoms with E-state index in [0.717, 1.165) is 12.0 Å². The first-order chi connectivity index (χ1) is 13.4. The monoisotopic (exact) mass is 382 g/mol. The SMILES string of the molecule is CCC(C)c1ccccc1NC(=O)C(C)OC(=O)CNC(=O)c1ccccc1. The van der Waals surface area contributed by atoms with Gasteiger partial charge in [0.25, 0.3) is 11.8 Å². The molecule has 0 radical (unpaired) electrons. The maximum Gasteiger partial charge on any atom is 0.326 e. The van der Waals surface area contributed by atoms with Crippen molar-refractivity contribution in [3.63, 3.8) is 0 Å². The number of carbonyl (C=O) groups excluding carboxylic acids is 3. The van der Waals surface area contributed by atoms with Gasteiger partial charge in [-0.05, 0) is 43.0 Å². The average molecular weight is 382 g/mol. The molecule has 6 heteroatoms. The van der Waals surface area contributed by atoms with Gasteiger partial charge in [-0.3, -0.25) is 14.4 Å². The molecule has 148 valence electrons. The van der Waals surface area contributed by atoms with Gasteiger partial charge < -0.3 is 15.4 Å². The third-order valence-corrected chi connectivity index (χ3v) is 4.47. The molecule has 6 nitrogen and oxygen atoms in total. The lowest BCUT2D eigenvalue weighted by Crippen LogP contribution is -2.36. The highest BCUT2D eigenvalue weighted by Gasteiger charge is 2.20. The van der Waals surface area contributed by atoms with E-state index in [1.54, 1.807) is 30.3 Å². The van der Waals surface area contributed by atoms with Crippen molar-refractivity contribution >= 4 is 23.5 Å². The number of rotatable bonds is 8. The number of para-hydroxylation sites is 1. The van der Waals surface area contributed by atoms with Crippen LogP contribution in [0.4, 0.5) is 5.69 Å². The molecule has 0 saturated carbocycles. The molecule has 28 heavy (non-hydrogen) atoms. The molecule has 0 aliphatic rings. The van der Waals surface area contributed by atoms with Crippen LogP contribution in [0.3, 0.4) is 0 Å². The molecule has 2 atom stereocenters. The molecule has 2 N–H and O–H groups in total. The van der Waals surface area contributed by atoms with E-state index in [9.17, 15) is 14.4 Å². The molecule has 2 unspecified atom stereocenters. The van der Waals surface area contributed by atoms with E-state index in [0.29, 0.717) is 17.2 Å². The van der Waals surface area contributed by atoms with Crippen LogP contribution in [0.2, 0.25) is 0 Å². The first-order valence-electron chi connectivity index (χ1n) is 9.34. The van der Waals surface area contributed by atoms with Crippen LogP contribution >= 0.6 is 0 Å². The average Bonchev–Trinajstić information content (AvgIpc) is 2.72. The van der Waals surface area contributed by atoms with Gasteiger partial charge in [-0.2, -0.15) is 0 Å². The summed E-state index contributed by atoms with van der Waals surface area (Å²) in [5.41, 5.74) is 2.19. The number of hydrogen-bond acceptors (Lipinski definition) is 4. The van der Waals surface area contributed by atoms with Crippen molar-refractivity contribution in [1.29, 1.82) is 0 Å². The van der Waals surface area contributed by atoms with Crippen molar-refractivity contribution in [1.82, 2.24) is 5.32 Å². The Bertz CT molecular complexity index is 820. The van der Waals surface area contributed by atoms with Crippen molar-refractivity contribution < 1.29 is 19.1 Å². The Kier molecular flexibility index (Phi) is 7.75. The van der Waals surface area contributed by atoms with Crippen LogP contribution in [0.5, 0.6) is 0 Å². The molecule has 0 bridgehead atoms. The third-order valence-electron chi connectivity index (χ3n) is 4.47. The van der Waals surface area contributed by atoms with Crippen LogP contribution in [0.15, 0.2) is 54.6 Å². The summed E-state index contributed by atoms with van der Waals surface area (Å²) in [5.74, 6) is -1.18. The molecule has 2 rings (SSSR count). The lowest BCUT2D eigenvalue weighted by molar-refractivity contribution is -0.152. The van der Waals surface area contributed by atoms with E-state index in [2.05, 4.69) is 24.5 Å². The Morgan fingerprint density at radius 2 is 1.61 bits per heavy atom. The minimum absolute atomic E-state index is 0.294. The standard InChI is InChI=1S/C22H26N2O4/c1-4-15(2)18-12-8-9-13-19(18)24-21(26)16(3)28-20(25)14-23-22(27)17-10-6-5-7-11-17/h5-13,15-16H,4,14H2,1-3H3,(H,23,27)(H,24,26). The topological polar surface area (TPSA) is 84.5 Å². The number of benzene rings is 2. The predicted molar refractivity (Wildman–Crippen MR) is 108 cm³/mol. The predicted octanol–water partition coefficient (Wildman–Crippen LogP) is 3.50. The normalized spacial score (nSPS) is 12.5. The van der Waals surface area contributed by atoms with Crippen molar-refractivity contribution in [2.24, 2.45) is 0 Å². The molecule has 2 amide bonds. The molecule has 0 heterocycles. The minimum atomic E-state index is -0.980. The van der Waals surface area contributed by atoms with Gasteiger partial charge >= 0.3 is 5.97 Å². The summed E-state index contributed by atoms with van der Waals surface area (Å²) in [5, 5.41) is 5.30. The minimum Gasteiger partial charge on any atom is -0.451 e. The first kappa shape index (κ1) is 21.2. The summed E-state index contributed by atoms with van der Waals surface area (Å²) < 4.78 is 5.13. The molecule has 0 aliphatic carbocycles.